The van der Waals surface area contributed by atoms with E-state index in [1.54, 1.807) is 4.90 Å². The summed E-state index contributed by atoms with van der Waals surface area (Å²) in [5.74, 6) is -1.81. The summed E-state index contributed by atoms with van der Waals surface area (Å²) in [4.78, 5) is 13.6. The number of halogens is 3. The van der Waals surface area contributed by atoms with Crippen LogP contribution in [0.3, 0.4) is 0 Å². The molecular weight excluding hydrogens is 292 g/mol. The Hall–Kier alpha value is -0.970. The van der Waals surface area contributed by atoms with Gasteiger partial charge in [0.1, 0.15) is 11.6 Å². The third kappa shape index (κ3) is 4.07. The van der Waals surface area contributed by atoms with Crippen LogP contribution in [0.15, 0.2) is 18.2 Å². The average Bonchev–Trinajstić information content (AvgIpc) is 2.26. The molecule has 17 heavy (non-hydrogen) atoms. The van der Waals surface area contributed by atoms with Gasteiger partial charge in [-0.25, -0.2) is 8.78 Å². The summed E-state index contributed by atoms with van der Waals surface area (Å²) < 4.78 is 26.0. The SMILES string of the molecule is CCCN(CCBr)C(=O)c1cc(F)cc(F)c1. The van der Waals surface area contributed by atoms with E-state index in [1.807, 2.05) is 6.92 Å². The number of carbonyl (C=O) groups is 1. The molecule has 1 aromatic carbocycles. The predicted octanol–water partition coefficient (Wildman–Crippen LogP) is 3.21. The number of carbonyl (C=O) groups excluding carboxylic acids is 1. The van der Waals surface area contributed by atoms with E-state index in [-0.39, 0.29) is 11.5 Å². The molecular formula is C12H14BrF2NO. The normalized spacial score (nSPS) is 10.4. The summed E-state index contributed by atoms with van der Waals surface area (Å²) in [5.41, 5.74) is 0.0527. The molecule has 5 heteroatoms. The van der Waals surface area contributed by atoms with Gasteiger partial charge in [-0.05, 0) is 18.6 Å². The molecule has 0 unspecified atom stereocenters. The van der Waals surface area contributed by atoms with Gasteiger partial charge in [-0.2, -0.15) is 0 Å². The van der Waals surface area contributed by atoms with E-state index >= 15 is 0 Å². The molecule has 0 bridgehead atoms. The molecule has 0 N–H and O–H groups in total. The highest BCUT2D eigenvalue weighted by molar-refractivity contribution is 9.09. The Bertz CT molecular complexity index is 372. The van der Waals surface area contributed by atoms with Crippen LogP contribution in [0.2, 0.25) is 0 Å². The number of hydrogen-bond acceptors (Lipinski definition) is 1. The van der Waals surface area contributed by atoms with E-state index < -0.39 is 11.6 Å². The summed E-state index contributed by atoms with van der Waals surface area (Å²) in [6, 6.07) is 2.87. The number of hydrogen-bond donors (Lipinski definition) is 0. The second kappa shape index (κ2) is 6.69. The molecule has 0 saturated heterocycles. The first-order valence-corrected chi connectivity index (χ1v) is 6.52. The number of amides is 1. The standard InChI is InChI=1S/C12H14BrF2NO/c1-2-4-16(5-3-13)12(17)9-6-10(14)8-11(15)7-9/h6-8H,2-5H2,1H3. The van der Waals surface area contributed by atoms with Crippen LogP contribution in [0.4, 0.5) is 8.78 Å². The van der Waals surface area contributed by atoms with Crippen molar-refractivity contribution in [3.05, 3.63) is 35.4 Å². The summed E-state index contributed by atoms with van der Waals surface area (Å²) >= 11 is 3.25. The van der Waals surface area contributed by atoms with Gasteiger partial charge in [0.25, 0.3) is 5.91 Å². The zero-order valence-electron chi connectivity index (χ0n) is 9.55. The van der Waals surface area contributed by atoms with Crippen molar-refractivity contribution in [3.63, 3.8) is 0 Å². The molecule has 0 spiro atoms. The van der Waals surface area contributed by atoms with Crippen molar-refractivity contribution in [2.24, 2.45) is 0 Å². The summed E-state index contributed by atoms with van der Waals surface area (Å²) in [7, 11) is 0. The van der Waals surface area contributed by atoms with Crippen LogP contribution in [0.5, 0.6) is 0 Å². The van der Waals surface area contributed by atoms with Crippen molar-refractivity contribution >= 4 is 21.8 Å². The highest BCUT2D eigenvalue weighted by atomic mass is 79.9. The zero-order chi connectivity index (χ0) is 12.8. The maximum Gasteiger partial charge on any atom is 0.254 e. The van der Waals surface area contributed by atoms with E-state index in [2.05, 4.69) is 15.9 Å². The lowest BCUT2D eigenvalue weighted by molar-refractivity contribution is 0.0765. The van der Waals surface area contributed by atoms with Gasteiger partial charge >= 0.3 is 0 Å². The Morgan fingerprint density at radius 3 is 2.29 bits per heavy atom. The van der Waals surface area contributed by atoms with Gasteiger partial charge in [-0.1, -0.05) is 22.9 Å². The molecule has 1 aromatic rings. The van der Waals surface area contributed by atoms with E-state index in [4.69, 9.17) is 0 Å². The van der Waals surface area contributed by atoms with Crippen LogP contribution in [0.1, 0.15) is 23.7 Å². The fourth-order valence-corrected chi connectivity index (χ4v) is 1.97. The van der Waals surface area contributed by atoms with Crippen LogP contribution in [-0.2, 0) is 0 Å². The number of nitrogens with zero attached hydrogens (tertiary/aromatic N) is 1. The highest BCUT2D eigenvalue weighted by Gasteiger charge is 2.16. The average molecular weight is 306 g/mol. The quantitative estimate of drug-likeness (QED) is 0.765. The minimum Gasteiger partial charge on any atom is -0.338 e. The molecule has 0 heterocycles. The molecule has 0 radical (unpaired) electrons. The second-order valence-electron chi connectivity index (χ2n) is 3.64. The van der Waals surface area contributed by atoms with Crippen molar-refractivity contribution in [2.45, 2.75) is 13.3 Å². The first kappa shape index (κ1) is 14.1. The Balaban J connectivity index is 2.92. The first-order valence-electron chi connectivity index (χ1n) is 5.39. The van der Waals surface area contributed by atoms with E-state index in [1.165, 1.54) is 0 Å². The second-order valence-corrected chi connectivity index (χ2v) is 4.43. The zero-order valence-corrected chi connectivity index (χ0v) is 11.1. The molecule has 0 aromatic heterocycles. The fraction of sp³-hybridized carbons (Fsp3) is 0.417. The number of benzene rings is 1. The van der Waals surface area contributed by atoms with Crippen molar-refractivity contribution in [2.75, 3.05) is 18.4 Å². The van der Waals surface area contributed by atoms with Gasteiger partial charge < -0.3 is 4.90 Å². The first-order chi connectivity index (χ1) is 8.08. The van der Waals surface area contributed by atoms with Crippen molar-refractivity contribution in [1.29, 1.82) is 0 Å². The lowest BCUT2D eigenvalue weighted by Crippen LogP contribution is -2.33. The minimum atomic E-state index is -0.733. The number of rotatable bonds is 5. The molecule has 94 valence electrons. The van der Waals surface area contributed by atoms with Gasteiger partial charge in [0.2, 0.25) is 0 Å². The van der Waals surface area contributed by atoms with E-state index in [0.29, 0.717) is 18.4 Å². The monoisotopic (exact) mass is 305 g/mol. The van der Waals surface area contributed by atoms with Gasteiger partial charge in [0, 0.05) is 30.0 Å². The van der Waals surface area contributed by atoms with Gasteiger partial charge in [-0.3, -0.25) is 4.79 Å². The number of alkyl halides is 1. The van der Waals surface area contributed by atoms with Crippen LogP contribution in [0, 0.1) is 11.6 Å². The molecule has 0 atom stereocenters. The maximum atomic E-state index is 13.0. The lowest BCUT2D eigenvalue weighted by atomic mass is 10.2. The molecule has 0 aliphatic heterocycles. The van der Waals surface area contributed by atoms with E-state index in [0.717, 1.165) is 24.6 Å². The summed E-state index contributed by atoms with van der Waals surface area (Å²) in [6.07, 6.45) is 0.802. The van der Waals surface area contributed by atoms with Crippen LogP contribution in [0.25, 0.3) is 0 Å². The van der Waals surface area contributed by atoms with E-state index in [9.17, 15) is 13.6 Å². The molecule has 2 nitrogen and oxygen atoms in total. The molecule has 0 aliphatic rings. The van der Waals surface area contributed by atoms with Crippen molar-refractivity contribution in [3.8, 4) is 0 Å². The predicted molar refractivity (Wildman–Crippen MR) is 66.3 cm³/mol. The lowest BCUT2D eigenvalue weighted by Gasteiger charge is -2.21. The summed E-state index contributed by atoms with van der Waals surface area (Å²) in [6.45, 7) is 3.04. The molecule has 0 fully saturated rings. The Morgan fingerprint density at radius 1 is 1.24 bits per heavy atom. The molecule has 1 amide bonds. The van der Waals surface area contributed by atoms with Gasteiger partial charge in [0.05, 0.1) is 0 Å². The van der Waals surface area contributed by atoms with Crippen LogP contribution in [-0.4, -0.2) is 29.2 Å². The summed E-state index contributed by atoms with van der Waals surface area (Å²) in [5, 5.41) is 0.635. The van der Waals surface area contributed by atoms with Crippen LogP contribution < -0.4 is 0 Å². The largest absolute Gasteiger partial charge is 0.338 e. The fourth-order valence-electron chi connectivity index (χ4n) is 1.55. The molecule has 1 rings (SSSR count). The smallest absolute Gasteiger partial charge is 0.254 e. The molecule has 0 saturated carbocycles. The van der Waals surface area contributed by atoms with Crippen molar-refractivity contribution in [1.82, 2.24) is 4.90 Å². The maximum absolute atomic E-state index is 13.0. The van der Waals surface area contributed by atoms with Gasteiger partial charge in [-0.15, -0.1) is 0 Å². The molecule has 0 aliphatic carbocycles. The highest BCUT2D eigenvalue weighted by Crippen LogP contribution is 2.11. The topological polar surface area (TPSA) is 20.3 Å². The Morgan fingerprint density at radius 2 is 1.82 bits per heavy atom. The van der Waals surface area contributed by atoms with Crippen molar-refractivity contribution < 1.29 is 13.6 Å². The van der Waals surface area contributed by atoms with Gasteiger partial charge in [0.15, 0.2) is 0 Å². The third-order valence-corrected chi connectivity index (χ3v) is 2.60. The minimum absolute atomic E-state index is 0.0527. The van der Waals surface area contributed by atoms with Crippen LogP contribution >= 0.6 is 15.9 Å². The third-order valence-electron chi connectivity index (χ3n) is 2.24. The Labute approximate surface area is 108 Å². The Kier molecular flexibility index (Phi) is 5.55.